The Morgan fingerprint density at radius 2 is 1.38 bits per heavy atom. The van der Waals surface area contributed by atoms with Gasteiger partial charge in [-0.05, 0) is 12.8 Å². The van der Waals surface area contributed by atoms with Crippen LogP contribution < -0.4 is 0 Å². The van der Waals surface area contributed by atoms with Crippen molar-refractivity contribution in [3.05, 3.63) is 36.5 Å². The van der Waals surface area contributed by atoms with Crippen molar-refractivity contribution in [1.29, 1.82) is 0 Å². The van der Waals surface area contributed by atoms with Gasteiger partial charge in [-0.2, -0.15) is 0 Å². The van der Waals surface area contributed by atoms with E-state index in [0.29, 0.717) is 24.0 Å². The smallest absolute Gasteiger partial charge is 0.342 e. The summed E-state index contributed by atoms with van der Waals surface area (Å²) in [5.74, 6) is -1.11. The molecule has 0 saturated carbocycles. The molecule has 1 heterocycles. The lowest BCUT2D eigenvalue weighted by molar-refractivity contribution is -0.151. The zero-order valence-electron chi connectivity index (χ0n) is 7.21. The topological polar surface area (TPSA) is 43.4 Å². The van der Waals surface area contributed by atoms with E-state index in [1.165, 1.54) is 0 Å². The van der Waals surface area contributed by atoms with Crippen LogP contribution in [0.5, 0.6) is 0 Å². The number of carbonyl (C=O) groups excluding carboxylic acids is 2. The van der Waals surface area contributed by atoms with E-state index in [2.05, 4.69) is 17.9 Å². The third kappa shape index (κ3) is 1.75. The van der Waals surface area contributed by atoms with Crippen molar-refractivity contribution in [2.24, 2.45) is 0 Å². The molecule has 0 aliphatic carbocycles. The molecule has 3 nitrogen and oxygen atoms in total. The van der Waals surface area contributed by atoms with Crippen LogP contribution in [0.3, 0.4) is 0 Å². The number of ether oxygens (including phenoxy) is 1. The molecule has 0 aromatic carbocycles. The van der Waals surface area contributed by atoms with Crippen molar-refractivity contribution < 1.29 is 14.3 Å². The van der Waals surface area contributed by atoms with Gasteiger partial charge in [-0.1, -0.05) is 12.2 Å². The minimum atomic E-state index is -0.554. The lowest BCUT2D eigenvalue weighted by atomic mass is 10.0. The minimum absolute atomic E-state index is 0.369. The highest BCUT2D eigenvalue weighted by Gasteiger charge is 2.30. The largest absolute Gasteiger partial charge is 0.386 e. The van der Waals surface area contributed by atoms with Crippen LogP contribution in [0.2, 0.25) is 0 Å². The first-order valence-corrected chi connectivity index (χ1v) is 3.91. The van der Waals surface area contributed by atoms with Crippen LogP contribution in [0.4, 0.5) is 0 Å². The molecule has 0 bridgehead atoms. The molecule has 1 aliphatic heterocycles. The van der Waals surface area contributed by atoms with Gasteiger partial charge in [0.05, 0.1) is 11.1 Å². The number of hydrogen-bond acceptors (Lipinski definition) is 3. The van der Waals surface area contributed by atoms with Gasteiger partial charge < -0.3 is 4.74 Å². The zero-order chi connectivity index (χ0) is 9.84. The van der Waals surface area contributed by atoms with Crippen LogP contribution in [-0.2, 0) is 14.3 Å². The predicted octanol–water partition coefficient (Wildman–Crippen LogP) is 1.52. The van der Waals surface area contributed by atoms with E-state index in [1.807, 2.05) is 0 Å². The Labute approximate surface area is 76.4 Å². The van der Waals surface area contributed by atoms with E-state index >= 15 is 0 Å². The van der Waals surface area contributed by atoms with Gasteiger partial charge in [0, 0.05) is 0 Å². The molecule has 0 amide bonds. The molecule has 1 rings (SSSR count). The van der Waals surface area contributed by atoms with Gasteiger partial charge >= 0.3 is 11.9 Å². The van der Waals surface area contributed by atoms with Gasteiger partial charge in [-0.25, -0.2) is 9.59 Å². The van der Waals surface area contributed by atoms with E-state index in [0.717, 1.165) is 0 Å². The number of rotatable bonds is 4. The van der Waals surface area contributed by atoms with E-state index in [9.17, 15) is 9.59 Å². The highest BCUT2D eigenvalue weighted by Crippen LogP contribution is 2.23. The van der Waals surface area contributed by atoms with E-state index in [-0.39, 0.29) is 0 Å². The van der Waals surface area contributed by atoms with Gasteiger partial charge in [0.2, 0.25) is 0 Å². The van der Waals surface area contributed by atoms with Crippen LogP contribution in [0.15, 0.2) is 36.5 Å². The lowest BCUT2D eigenvalue weighted by Crippen LogP contribution is -2.01. The summed E-state index contributed by atoms with van der Waals surface area (Å²) < 4.78 is 4.44. The second kappa shape index (κ2) is 3.85. The molecule has 0 aromatic heterocycles. The number of cyclic esters (lactones) is 2. The first-order chi connectivity index (χ1) is 6.20. The quantitative estimate of drug-likeness (QED) is 0.372. The Morgan fingerprint density at radius 1 is 1.00 bits per heavy atom. The summed E-state index contributed by atoms with van der Waals surface area (Å²) in [6.07, 6.45) is 3.87. The van der Waals surface area contributed by atoms with Crippen molar-refractivity contribution in [2.75, 3.05) is 0 Å². The maximum atomic E-state index is 11.1. The average molecular weight is 178 g/mol. The van der Waals surface area contributed by atoms with Crippen molar-refractivity contribution in [3.8, 4) is 0 Å². The Kier molecular flexibility index (Phi) is 2.80. The summed E-state index contributed by atoms with van der Waals surface area (Å²) in [4.78, 5) is 22.2. The summed E-state index contributed by atoms with van der Waals surface area (Å²) in [6.45, 7) is 7.00. The number of carbonyl (C=O) groups is 2. The maximum Gasteiger partial charge on any atom is 0.342 e. The molecule has 13 heavy (non-hydrogen) atoms. The third-order valence-corrected chi connectivity index (χ3v) is 1.74. The molecule has 0 fully saturated rings. The highest BCUT2D eigenvalue weighted by molar-refractivity contribution is 6.12. The second-order valence-electron chi connectivity index (χ2n) is 2.62. The van der Waals surface area contributed by atoms with Crippen LogP contribution in [-0.4, -0.2) is 11.9 Å². The third-order valence-electron chi connectivity index (χ3n) is 1.74. The first kappa shape index (κ1) is 9.45. The molecule has 68 valence electrons. The summed E-state index contributed by atoms with van der Waals surface area (Å²) in [5, 5.41) is 0. The van der Waals surface area contributed by atoms with Gasteiger partial charge in [0.15, 0.2) is 0 Å². The van der Waals surface area contributed by atoms with Gasteiger partial charge in [-0.3, -0.25) is 0 Å². The van der Waals surface area contributed by atoms with Crippen LogP contribution in [0.1, 0.15) is 12.8 Å². The second-order valence-corrected chi connectivity index (χ2v) is 2.62. The fraction of sp³-hybridized carbons (Fsp3) is 0.200. The van der Waals surface area contributed by atoms with Gasteiger partial charge in [-0.15, -0.1) is 13.2 Å². The average Bonchev–Trinajstić information content (AvgIpc) is 2.33. The lowest BCUT2D eigenvalue weighted by Gasteiger charge is -1.93. The van der Waals surface area contributed by atoms with Crippen molar-refractivity contribution in [1.82, 2.24) is 0 Å². The fourth-order valence-electron chi connectivity index (χ4n) is 1.16. The summed E-state index contributed by atoms with van der Waals surface area (Å²) in [5.41, 5.74) is 0.805. The van der Waals surface area contributed by atoms with Gasteiger partial charge in [0.1, 0.15) is 0 Å². The Bertz CT molecular complexity index is 280. The van der Waals surface area contributed by atoms with Crippen molar-refractivity contribution in [2.45, 2.75) is 12.8 Å². The van der Waals surface area contributed by atoms with E-state index in [4.69, 9.17) is 0 Å². The monoisotopic (exact) mass is 178 g/mol. The number of allylic oxidation sites excluding steroid dienone is 2. The van der Waals surface area contributed by atoms with Crippen molar-refractivity contribution >= 4 is 11.9 Å². The maximum absolute atomic E-state index is 11.1. The molecular weight excluding hydrogens is 168 g/mol. The zero-order valence-corrected chi connectivity index (χ0v) is 7.21. The molecule has 0 aromatic rings. The van der Waals surface area contributed by atoms with E-state index < -0.39 is 11.9 Å². The van der Waals surface area contributed by atoms with Crippen LogP contribution in [0, 0.1) is 0 Å². The van der Waals surface area contributed by atoms with Gasteiger partial charge in [0.25, 0.3) is 0 Å². The molecule has 3 heteroatoms. The van der Waals surface area contributed by atoms with Crippen LogP contribution >= 0.6 is 0 Å². The summed E-state index contributed by atoms with van der Waals surface area (Å²) in [6, 6.07) is 0. The van der Waals surface area contributed by atoms with Crippen LogP contribution in [0.25, 0.3) is 0 Å². The fourth-order valence-corrected chi connectivity index (χ4v) is 1.16. The van der Waals surface area contributed by atoms with Crippen molar-refractivity contribution in [3.63, 3.8) is 0 Å². The molecular formula is C10H10O3. The highest BCUT2D eigenvalue weighted by atomic mass is 16.6. The number of hydrogen-bond donors (Lipinski definition) is 0. The SMILES string of the molecule is C=CCC1=C(CC=C)C(=O)OC1=O. The first-order valence-electron chi connectivity index (χ1n) is 3.91. The molecule has 1 aliphatic rings. The predicted molar refractivity (Wildman–Crippen MR) is 47.8 cm³/mol. The molecule has 0 radical (unpaired) electrons. The minimum Gasteiger partial charge on any atom is -0.386 e. The summed E-state index contributed by atoms with van der Waals surface area (Å²) >= 11 is 0. The molecule has 0 atom stereocenters. The Hall–Kier alpha value is -1.64. The molecule has 0 unspecified atom stereocenters. The Morgan fingerprint density at radius 3 is 1.69 bits per heavy atom. The molecule has 0 saturated heterocycles. The summed E-state index contributed by atoms with van der Waals surface area (Å²) in [7, 11) is 0. The number of esters is 2. The molecule has 0 N–H and O–H groups in total. The Balaban J connectivity index is 3.00. The van der Waals surface area contributed by atoms with E-state index in [1.54, 1.807) is 12.2 Å². The molecule has 0 spiro atoms. The standard InChI is InChI=1S/C10H10O3/c1-3-5-7-8(6-4-2)10(12)13-9(7)11/h3-4H,1-2,5-6H2. The normalized spacial score (nSPS) is 16.0.